The second-order valence-corrected chi connectivity index (χ2v) is 4.99. The molecule has 1 aromatic heterocycles. The van der Waals surface area contributed by atoms with Gasteiger partial charge in [0, 0.05) is 5.56 Å². The van der Waals surface area contributed by atoms with E-state index in [0.717, 1.165) is 0 Å². The molecule has 3 aromatic rings. The molecular formula is C14H8BrFN2O2. The molecule has 0 saturated carbocycles. The van der Waals surface area contributed by atoms with E-state index in [0.29, 0.717) is 22.4 Å². The summed E-state index contributed by atoms with van der Waals surface area (Å²) in [6, 6.07) is 9.45. The maximum atomic E-state index is 13.5. The van der Waals surface area contributed by atoms with Crippen molar-refractivity contribution in [2.24, 2.45) is 0 Å². The second kappa shape index (κ2) is 4.72. The average molecular weight is 335 g/mol. The molecule has 1 heterocycles. The van der Waals surface area contributed by atoms with E-state index in [1.165, 1.54) is 12.1 Å². The first-order chi connectivity index (χ1) is 9.58. The molecule has 0 unspecified atom stereocenters. The van der Waals surface area contributed by atoms with Gasteiger partial charge in [0.1, 0.15) is 17.2 Å². The smallest absolute Gasteiger partial charge is 0.337 e. The summed E-state index contributed by atoms with van der Waals surface area (Å²) in [5, 5.41) is 9.14. The van der Waals surface area contributed by atoms with Crippen LogP contribution < -0.4 is 0 Å². The number of nitrogens with one attached hydrogen (secondary N) is 1. The molecule has 0 aliphatic carbocycles. The van der Waals surface area contributed by atoms with E-state index >= 15 is 0 Å². The van der Waals surface area contributed by atoms with Gasteiger partial charge in [-0.25, -0.2) is 14.2 Å². The Kier molecular flexibility index (Phi) is 3.02. The third-order valence-corrected chi connectivity index (χ3v) is 3.76. The molecule has 20 heavy (non-hydrogen) atoms. The molecule has 3 rings (SSSR count). The van der Waals surface area contributed by atoms with Gasteiger partial charge < -0.3 is 10.1 Å². The lowest BCUT2D eigenvalue weighted by Crippen LogP contribution is -1.96. The third-order valence-electron chi connectivity index (χ3n) is 2.95. The molecule has 0 fully saturated rings. The lowest BCUT2D eigenvalue weighted by Gasteiger charge is -2.01. The minimum absolute atomic E-state index is 0.109. The Bertz CT molecular complexity index is 829. The topological polar surface area (TPSA) is 66.0 Å². The van der Waals surface area contributed by atoms with E-state index in [2.05, 4.69) is 25.9 Å². The standard InChI is InChI=1S/C14H8BrFN2O2/c15-11-7(3-1-5-9(11)16)13-17-10-6-2-4-8(14(19)20)12(10)18-13/h1-6H,(H,17,18)(H,19,20). The van der Waals surface area contributed by atoms with Crippen molar-refractivity contribution >= 4 is 32.9 Å². The molecule has 0 radical (unpaired) electrons. The molecule has 0 amide bonds. The number of hydrogen-bond donors (Lipinski definition) is 2. The van der Waals surface area contributed by atoms with Gasteiger partial charge in [-0.15, -0.1) is 0 Å². The van der Waals surface area contributed by atoms with Crippen LogP contribution in [0.1, 0.15) is 10.4 Å². The lowest BCUT2D eigenvalue weighted by molar-refractivity contribution is 0.0699. The van der Waals surface area contributed by atoms with E-state index in [1.807, 2.05) is 0 Å². The van der Waals surface area contributed by atoms with Crippen LogP contribution in [0, 0.1) is 5.82 Å². The van der Waals surface area contributed by atoms with Crippen LogP contribution in [0.4, 0.5) is 4.39 Å². The summed E-state index contributed by atoms with van der Waals surface area (Å²) in [5.41, 5.74) is 1.59. The highest BCUT2D eigenvalue weighted by Crippen LogP contribution is 2.30. The molecule has 0 aliphatic heterocycles. The van der Waals surface area contributed by atoms with Crippen LogP contribution in [-0.2, 0) is 0 Å². The van der Waals surface area contributed by atoms with Crippen LogP contribution in [0.2, 0.25) is 0 Å². The lowest BCUT2D eigenvalue weighted by atomic mass is 10.2. The molecule has 6 heteroatoms. The first-order valence-electron chi connectivity index (χ1n) is 5.74. The summed E-state index contributed by atoms with van der Waals surface area (Å²) in [7, 11) is 0. The highest BCUT2D eigenvalue weighted by Gasteiger charge is 2.15. The molecule has 2 N–H and O–H groups in total. The molecule has 0 atom stereocenters. The van der Waals surface area contributed by atoms with Gasteiger partial charge in [-0.3, -0.25) is 0 Å². The first kappa shape index (κ1) is 12.8. The average Bonchev–Trinajstić information content (AvgIpc) is 2.84. The number of halogens is 2. The van der Waals surface area contributed by atoms with Gasteiger partial charge in [-0.05, 0) is 40.2 Å². The predicted molar refractivity (Wildman–Crippen MR) is 76.1 cm³/mol. The Hall–Kier alpha value is -2.21. The Balaban J connectivity index is 2.26. The van der Waals surface area contributed by atoms with Crippen LogP contribution in [-0.4, -0.2) is 21.0 Å². The SMILES string of the molecule is O=C(O)c1cccc2[nH]c(-c3cccc(F)c3Br)nc12. The molecule has 2 aromatic carbocycles. The fraction of sp³-hybridized carbons (Fsp3) is 0. The molecule has 0 saturated heterocycles. The number of carboxylic acids is 1. The number of fused-ring (bicyclic) bond motifs is 1. The van der Waals surface area contributed by atoms with Crippen LogP contribution >= 0.6 is 15.9 Å². The van der Waals surface area contributed by atoms with Crippen molar-refractivity contribution in [3.05, 3.63) is 52.3 Å². The monoisotopic (exact) mass is 334 g/mol. The number of aromatic nitrogens is 2. The normalized spacial score (nSPS) is 10.9. The second-order valence-electron chi connectivity index (χ2n) is 4.19. The number of benzene rings is 2. The summed E-state index contributed by atoms with van der Waals surface area (Å²) in [4.78, 5) is 18.4. The number of H-pyrrole nitrogens is 1. The summed E-state index contributed by atoms with van der Waals surface area (Å²) < 4.78 is 13.8. The molecule has 4 nitrogen and oxygen atoms in total. The summed E-state index contributed by atoms with van der Waals surface area (Å²) in [6.45, 7) is 0. The zero-order chi connectivity index (χ0) is 14.3. The van der Waals surface area contributed by atoms with Crippen molar-refractivity contribution in [3.8, 4) is 11.4 Å². The number of nitrogens with zero attached hydrogens (tertiary/aromatic N) is 1. The van der Waals surface area contributed by atoms with Crippen molar-refractivity contribution in [2.75, 3.05) is 0 Å². The highest BCUT2D eigenvalue weighted by atomic mass is 79.9. The van der Waals surface area contributed by atoms with Crippen molar-refractivity contribution in [2.45, 2.75) is 0 Å². The van der Waals surface area contributed by atoms with E-state index < -0.39 is 11.8 Å². The number of rotatable bonds is 2. The van der Waals surface area contributed by atoms with Crippen LogP contribution in [0.15, 0.2) is 40.9 Å². The highest BCUT2D eigenvalue weighted by molar-refractivity contribution is 9.10. The zero-order valence-electron chi connectivity index (χ0n) is 10.0. The number of aromatic amines is 1. The number of aromatic carboxylic acids is 1. The predicted octanol–water partition coefficient (Wildman–Crippen LogP) is 3.83. The van der Waals surface area contributed by atoms with E-state index in [4.69, 9.17) is 5.11 Å². The molecule has 0 aliphatic rings. The van der Waals surface area contributed by atoms with E-state index in [1.54, 1.807) is 24.3 Å². The maximum Gasteiger partial charge on any atom is 0.337 e. The number of para-hydroxylation sites is 1. The van der Waals surface area contributed by atoms with Crippen LogP contribution in [0.25, 0.3) is 22.4 Å². The Morgan fingerprint density at radius 3 is 2.75 bits per heavy atom. The molecular weight excluding hydrogens is 327 g/mol. The Morgan fingerprint density at radius 2 is 2.00 bits per heavy atom. The van der Waals surface area contributed by atoms with Crippen LogP contribution in [0.5, 0.6) is 0 Å². The number of carbonyl (C=O) groups is 1. The summed E-state index contributed by atoms with van der Waals surface area (Å²) >= 11 is 3.17. The largest absolute Gasteiger partial charge is 0.478 e. The van der Waals surface area contributed by atoms with Crippen molar-refractivity contribution < 1.29 is 14.3 Å². The molecule has 0 bridgehead atoms. The zero-order valence-corrected chi connectivity index (χ0v) is 11.6. The quantitative estimate of drug-likeness (QED) is 0.748. The first-order valence-corrected chi connectivity index (χ1v) is 6.53. The maximum absolute atomic E-state index is 13.5. The van der Waals surface area contributed by atoms with Gasteiger partial charge in [-0.1, -0.05) is 12.1 Å². The van der Waals surface area contributed by atoms with Crippen molar-refractivity contribution in [3.63, 3.8) is 0 Å². The van der Waals surface area contributed by atoms with Gasteiger partial charge >= 0.3 is 5.97 Å². The number of imidazole rings is 1. The van der Waals surface area contributed by atoms with Crippen molar-refractivity contribution in [1.82, 2.24) is 9.97 Å². The molecule has 0 spiro atoms. The summed E-state index contributed by atoms with van der Waals surface area (Å²) in [6.07, 6.45) is 0. The van der Waals surface area contributed by atoms with Gasteiger partial charge in [0.2, 0.25) is 0 Å². The van der Waals surface area contributed by atoms with E-state index in [9.17, 15) is 9.18 Å². The minimum atomic E-state index is -1.05. The minimum Gasteiger partial charge on any atom is -0.478 e. The van der Waals surface area contributed by atoms with Gasteiger partial charge in [0.05, 0.1) is 15.6 Å². The van der Waals surface area contributed by atoms with E-state index in [-0.39, 0.29) is 10.0 Å². The summed E-state index contributed by atoms with van der Waals surface area (Å²) in [5.74, 6) is -1.03. The molecule has 100 valence electrons. The van der Waals surface area contributed by atoms with Crippen molar-refractivity contribution in [1.29, 1.82) is 0 Å². The number of hydrogen-bond acceptors (Lipinski definition) is 2. The number of carboxylic acid groups (broad SMARTS) is 1. The van der Waals surface area contributed by atoms with Gasteiger partial charge in [-0.2, -0.15) is 0 Å². The van der Waals surface area contributed by atoms with Gasteiger partial charge in [0.25, 0.3) is 0 Å². The Morgan fingerprint density at radius 1 is 1.25 bits per heavy atom. The third kappa shape index (κ3) is 1.98. The van der Waals surface area contributed by atoms with Crippen LogP contribution in [0.3, 0.4) is 0 Å². The Labute approximate surface area is 121 Å². The fourth-order valence-electron chi connectivity index (χ4n) is 2.02. The fourth-order valence-corrected chi connectivity index (χ4v) is 2.47. The van der Waals surface area contributed by atoms with Gasteiger partial charge in [0.15, 0.2) is 0 Å².